The number of hydrogen-bond acceptors (Lipinski definition) is 2. The van der Waals surface area contributed by atoms with Gasteiger partial charge in [-0.25, -0.2) is 4.99 Å². The van der Waals surface area contributed by atoms with Gasteiger partial charge in [0.1, 0.15) is 6.61 Å². The molecule has 1 atom stereocenters. The maximum absolute atomic E-state index is 6.03. The van der Waals surface area contributed by atoms with E-state index in [1.807, 2.05) is 24.3 Å². The minimum absolute atomic E-state index is 0.293. The molecule has 2 nitrogen and oxygen atoms in total. The minimum atomic E-state index is 0.293. The highest BCUT2D eigenvalue weighted by molar-refractivity contribution is 6.33. The maximum atomic E-state index is 6.03. The number of hydrogen-bond donors (Lipinski definition) is 0. The fourth-order valence-corrected chi connectivity index (χ4v) is 1.62. The van der Waals surface area contributed by atoms with E-state index in [4.69, 9.17) is 16.3 Å². The number of ether oxygens (including phenoxy) is 1. The normalized spacial score (nSPS) is 20.4. The van der Waals surface area contributed by atoms with Crippen molar-refractivity contribution >= 4 is 17.5 Å². The fourth-order valence-electron chi connectivity index (χ4n) is 1.41. The molecule has 1 heterocycles. The second-order valence-corrected chi connectivity index (χ2v) is 3.69. The molecular formula is C11H12ClNO. The largest absolute Gasteiger partial charge is 0.475 e. The van der Waals surface area contributed by atoms with Crippen molar-refractivity contribution in [1.29, 1.82) is 0 Å². The lowest BCUT2D eigenvalue weighted by molar-refractivity contribution is 0.315. The lowest BCUT2D eigenvalue weighted by Gasteiger charge is -2.02. The van der Waals surface area contributed by atoms with E-state index in [0.29, 0.717) is 23.6 Å². The molecule has 0 bridgehead atoms. The average Bonchev–Trinajstić information content (AvgIpc) is 2.67. The lowest BCUT2D eigenvalue weighted by Crippen LogP contribution is -2.04. The summed E-state index contributed by atoms with van der Waals surface area (Å²) in [5, 5.41) is 0.697. The van der Waals surface area contributed by atoms with Gasteiger partial charge in [-0.05, 0) is 18.6 Å². The Kier molecular flexibility index (Phi) is 2.73. The number of rotatable bonds is 2. The standard InChI is InChI=1S/C11H12ClNO/c1-2-8-7-14-11(13-8)9-5-3-4-6-10(9)12/h3-6,8H,2,7H2,1H3. The van der Waals surface area contributed by atoms with Gasteiger partial charge in [-0.15, -0.1) is 0 Å². The maximum Gasteiger partial charge on any atom is 0.218 e. The van der Waals surface area contributed by atoms with Crippen LogP contribution < -0.4 is 0 Å². The molecule has 0 saturated carbocycles. The number of nitrogens with zero attached hydrogens (tertiary/aromatic N) is 1. The predicted molar refractivity (Wildman–Crippen MR) is 58.0 cm³/mol. The molecule has 0 N–H and O–H groups in total. The molecule has 1 aliphatic heterocycles. The summed E-state index contributed by atoms with van der Waals surface area (Å²) < 4.78 is 5.49. The summed E-state index contributed by atoms with van der Waals surface area (Å²) in [5.74, 6) is 0.683. The lowest BCUT2D eigenvalue weighted by atomic mass is 10.2. The number of benzene rings is 1. The van der Waals surface area contributed by atoms with E-state index in [-0.39, 0.29) is 0 Å². The van der Waals surface area contributed by atoms with E-state index in [1.165, 1.54) is 0 Å². The van der Waals surface area contributed by atoms with Crippen LogP contribution in [-0.4, -0.2) is 18.5 Å². The fraction of sp³-hybridized carbons (Fsp3) is 0.364. The quantitative estimate of drug-likeness (QED) is 0.734. The topological polar surface area (TPSA) is 21.6 Å². The zero-order chi connectivity index (χ0) is 9.97. The van der Waals surface area contributed by atoms with Gasteiger partial charge in [-0.2, -0.15) is 0 Å². The smallest absolute Gasteiger partial charge is 0.218 e. The van der Waals surface area contributed by atoms with Crippen LogP contribution in [-0.2, 0) is 4.74 Å². The van der Waals surface area contributed by atoms with Crippen LogP contribution in [0.4, 0.5) is 0 Å². The summed E-state index contributed by atoms with van der Waals surface area (Å²) in [6, 6.07) is 7.91. The van der Waals surface area contributed by atoms with E-state index in [9.17, 15) is 0 Å². The molecule has 0 radical (unpaired) electrons. The van der Waals surface area contributed by atoms with Crippen LogP contribution in [0.25, 0.3) is 0 Å². The van der Waals surface area contributed by atoms with Crippen molar-refractivity contribution in [3.05, 3.63) is 34.9 Å². The van der Waals surface area contributed by atoms with Crippen molar-refractivity contribution in [2.45, 2.75) is 19.4 Å². The van der Waals surface area contributed by atoms with Gasteiger partial charge >= 0.3 is 0 Å². The Morgan fingerprint density at radius 3 is 2.93 bits per heavy atom. The molecule has 0 amide bonds. The molecule has 1 aromatic rings. The van der Waals surface area contributed by atoms with Gasteiger partial charge in [0.25, 0.3) is 0 Å². The van der Waals surface area contributed by atoms with Crippen molar-refractivity contribution in [3.63, 3.8) is 0 Å². The molecule has 2 rings (SSSR count). The van der Waals surface area contributed by atoms with E-state index in [2.05, 4.69) is 11.9 Å². The summed E-state index contributed by atoms with van der Waals surface area (Å²) in [6.07, 6.45) is 1.01. The highest BCUT2D eigenvalue weighted by atomic mass is 35.5. The molecule has 0 spiro atoms. The Balaban J connectivity index is 2.28. The third kappa shape index (κ3) is 1.75. The van der Waals surface area contributed by atoms with Crippen molar-refractivity contribution in [2.75, 3.05) is 6.61 Å². The molecule has 74 valence electrons. The second kappa shape index (κ2) is 4.01. The van der Waals surface area contributed by atoms with Crippen LogP contribution in [0.15, 0.2) is 29.3 Å². The Labute approximate surface area is 88.6 Å². The SMILES string of the molecule is CCC1COC(c2ccccc2Cl)=N1. The van der Waals surface area contributed by atoms with Crippen LogP contribution in [0, 0.1) is 0 Å². The third-order valence-electron chi connectivity index (χ3n) is 2.29. The Bertz CT molecular complexity index is 362. The van der Waals surface area contributed by atoms with Crippen molar-refractivity contribution < 1.29 is 4.74 Å². The summed E-state index contributed by atoms with van der Waals surface area (Å²) in [5.41, 5.74) is 0.894. The molecule has 0 aromatic heterocycles. The molecule has 0 aliphatic carbocycles. The first-order valence-corrected chi connectivity index (χ1v) is 5.14. The van der Waals surface area contributed by atoms with Crippen molar-refractivity contribution in [3.8, 4) is 0 Å². The number of halogens is 1. The first-order valence-electron chi connectivity index (χ1n) is 4.76. The Morgan fingerprint density at radius 1 is 1.50 bits per heavy atom. The monoisotopic (exact) mass is 209 g/mol. The van der Waals surface area contributed by atoms with Crippen LogP contribution in [0.5, 0.6) is 0 Å². The molecule has 1 aliphatic rings. The predicted octanol–water partition coefficient (Wildman–Crippen LogP) is 2.90. The first-order chi connectivity index (χ1) is 6.81. The molecule has 14 heavy (non-hydrogen) atoms. The van der Waals surface area contributed by atoms with Gasteiger partial charge in [0.2, 0.25) is 5.90 Å². The summed E-state index contributed by atoms with van der Waals surface area (Å²) >= 11 is 6.03. The average molecular weight is 210 g/mol. The molecule has 3 heteroatoms. The highest BCUT2D eigenvalue weighted by Crippen LogP contribution is 2.20. The van der Waals surface area contributed by atoms with Crippen LogP contribution in [0.3, 0.4) is 0 Å². The van der Waals surface area contributed by atoms with E-state index in [1.54, 1.807) is 0 Å². The Hall–Kier alpha value is -1.02. The molecule has 1 unspecified atom stereocenters. The van der Waals surface area contributed by atoms with Crippen LogP contribution in [0.2, 0.25) is 5.02 Å². The van der Waals surface area contributed by atoms with Crippen LogP contribution in [0.1, 0.15) is 18.9 Å². The molecule has 0 saturated heterocycles. The van der Waals surface area contributed by atoms with Gasteiger partial charge < -0.3 is 4.74 Å². The van der Waals surface area contributed by atoms with Gasteiger partial charge in [-0.1, -0.05) is 30.7 Å². The van der Waals surface area contributed by atoms with E-state index >= 15 is 0 Å². The molecular weight excluding hydrogens is 198 g/mol. The Morgan fingerprint density at radius 2 is 2.29 bits per heavy atom. The van der Waals surface area contributed by atoms with Crippen LogP contribution >= 0.6 is 11.6 Å². The summed E-state index contributed by atoms with van der Waals surface area (Å²) in [6.45, 7) is 2.78. The third-order valence-corrected chi connectivity index (χ3v) is 2.62. The van der Waals surface area contributed by atoms with Gasteiger partial charge in [0.05, 0.1) is 16.6 Å². The van der Waals surface area contributed by atoms with Crippen molar-refractivity contribution in [1.82, 2.24) is 0 Å². The van der Waals surface area contributed by atoms with E-state index in [0.717, 1.165) is 12.0 Å². The highest BCUT2D eigenvalue weighted by Gasteiger charge is 2.19. The van der Waals surface area contributed by atoms with E-state index < -0.39 is 0 Å². The first kappa shape index (κ1) is 9.53. The van der Waals surface area contributed by atoms with Crippen molar-refractivity contribution in [2.24, 2.45) is 4.99 Å². The minimum Gasteiger partial charge on any atom is -0.475 e. The zero-order valence-corrected chi connectivity index (χ0v) is 8.79. The summed E-state index contributed by atoms with van der Waals surface area (Å²) in [4.78, 5) is 4.45. The molecule has 0 fully saturated rings. The summed E-state index contributed by atoms with van der Waals surface area (Å²) in [7, 11) is 0. The second-order valence-electron chi connectivity index (χ2n) is 3.29. The molecule has 1 aromatic carbocycles. The number of aliphatic imine (C=N–C) groups is 1. The zero-order valence-electron chi connectivity index (χ0n) is 8.03. The van der Waals surface area contributed by atoms with Gasteiger partial charge in [0.15, 0.2) is 0 Å². The van der Waals surface area contributed by atoms with Gasteiger partial charge in [-0.3, -0.25) is 0 Å². The van der Waals surface area contributed by atoms with Gasteiger partial charge in [0, 0.05) is 0 Å².